The zero-order valence-corrected chi connectivity index (χ0v) is 12.4. The maximum atomic E-state index is 12.6. The van der Waals surface area contributed by atoms with Gasteiger partial charge in [0.25, 0.3) is 5.91 Å². The van der Waals surface area contributed by atoms with E-state index in [9.17, 15) is 4.79 Å². The minimum Gasteiger partial charge on any atom is -0.384 e. The van der Waals surface area contributed by atoms with Gasteiger partial charge in [0.05, 0.1) is 11.2 Å². The number of amides is 1. The van der Waals surface area contributed by atoms with Crippen LogP contribution in [0.3, 0.4) is 0 Å². The minimum absolute atomic E-state index is 0.0164. The topological polar surface area (TPSA) is 68.5 Å². The normalized spacial score (nSPS) is 21.4. The van der Waals surface area contributed by atoms with E-state index in [2.05, 4.69) is 18.8 Å². The van der Waals surface area contributed by atoms with Crippen LogP contribution in [0, 0.1) is 0 Å². The van der Waals surface area contributed by atoms with E-state index in [-0.39, 0.29) is 17.6 Å². The first-order chi connectivity index (χ1) is 9.43. The summed E-state index contributed by atoms with van der Waals surface area (Å²) < 4.78 is 5.72. The number of anilines is 1. The third kappa shape index (κ3) is 3.28. The molecule has 1 atom stereocenters. The lowest BCUT2D eigenvalue weighted by Crippen LogP contribution is -2.48. The number of aromatic nitrogens is 1. The largest absolute Gasteiger partial charge is 0.384 e. The van der Waals surface area contributed by atoms with Crippen molar-refractivity contribution < 1.29 is 9.53 Å². The Kier molecular flexibility index (Phi) is 4.28. The summed E-state index contributed by atoms with van der Waals surface area (Å²) >= 11 is 0. The summed E-state index contributed by atoms with van der Waals surface area (Å²) in [6.45, 7) is 7.53. The summed E-state index contributed by atoms with van der Waals surface area (Å²) in [6.07, 6.45) is 3.28. The molecule has 110 valence electrons. The number of carbonyl (C=O) groups is 1. The molecule has 0 saturated carbocycles. The van der Waals surface area contributed by atoms with Gasteiger partial charge in [-0.2, -0.15) is 0 Å². The molecule has 1 amide bonds. The molecule has 0 radical (unpaired) electrons. The average Bonchev–Trinajstić information content (AvgIpc) is 2.39. The first-order valence-corrected chi connectivity index (χ1v) is 7.09. The van der Waals surface area contributed by atoms with Crippen LogP contribution in [0.25, 0.3) is 0 Å². The van der Waals surface area contributed by atoms with Crippen molar-refractivity contribution in [2.45, 2.75) is 45.3 Å². The van der Waals surface area contributed by atoms with E-state index in [1.807, 2.05) is 11.8 Å². The van der Waals surface area contributed by atoms with Crippen molar-refractivity contribution >= 4 is 11.7 Å². The van der Waals surface area contributed by atoms with Crippen molar-refractivity contribution in [2.75, 3.05) is 18.9 Å². The fraction of sp³-hybridized carbons (Fsp3) is 0.600. The number of nitrogens with zero attached hydrogens (tertiary/aromatic N) is 2. The van der Waals surface area contributed by atoms with Crippen molar-refractivity contribution in [3.8, 4) is 0 Å². The van der Waals surface area contributed by atoms with E-state index in [0.29, 0.717) is 24.5 Å². The molecule has 1 aromatic heterocycles. The third-order valence-electron chi connectivity index (χ3n) is 3.75. The van der Waals surface area contributed by atoms with E-state index in [4.69, 9.17) is 10.5 Å². The number of rotatable bonds is 3. The van der Waals surface area contributed by atoms with Crippen LogP contribution in [0.4, 0.5) is 5.82 Å². The molecule has 1 aliphatic rings. The SMILES string of the molecule is CCN(C(=O)c1ccc(N)nc1)[C@H]1CCOC(C)(C)C1. The van der Waals surface area contributed by atoms with Crippen LogP contribution in [-0.2, 0) is 4.74 Å². The molecule has 0 spiro atoms. The predicted octanol–water partition coefficient (Wildman–Crippen LogP) is 2.08. The number of hydrogen-bond acceptors (Lipinski definition) is 4. The number of ether oxygens (including phenoxy) is 1. The second kappa shape index (κ2) is 5.79. The van der Waals surface area contributed by atoms with Crippen molar-refractivity contribution in [1.29, 1.82) is 0 Å². The van der Waals surface area contributed by atoms with E-state index in [1.165, 1.54) is 0 Å². The highest BCUT2D eigenvalue weighted by Gasteiger charge is 2.34. The Balaban J connectivity index is 2.15. The summed E-state index contributed by atoms with van der Waals surface area (Å²) in [5.41, 5.74) is 5.98. The highest BCUT2D eigenvalue weighted by atomic mass is 16.5. The molecule has 0 aliphatic carbocycles. The Bertz CT molecular complexity index is 471. The summed E-state index contributed by atoms with van der Waals surface area (Å²) in [6, 6.07) is 3.61. The fourth-order valence-electron chi connectivity index (χ4n) is 2.73. The molecule has 5 nitrogen and oxygen atoms in total. The predicted molar refractivity (Wildman–Crippen MR) is 78.4 cm³/mol. The van der Waals surface area contributed by atoms with Crippen LogP contribution in [-0.4, -0.2) is 40.6 Å². The van der Waals surface area contributed by atoms with Gasteiger partial charge in [-0.25, -0.2) is 4.98 Å². The molecular weight excluding hydrogens is 254 g/mol. The van der Waals surface area contributed by atoms with Gasteiger partial charge in [-0.3, -0.25) is 4.79 Å². The maximum absolute atomic E-state index is 12.6. The number of nitrogens with two attached hydrogens (primary N) is 1. The fourth-order valence-corrected chi connectivity index (χ4v) is 2.73. The van der Waals surface area contributed by atoms with Gasteiger partial charge in [0.2, 0.25) is 0 Å². The summed E-state index contributed by atoms with van der Waals surface area (Å²) in [5.74, 6) is 0.444. The average molecular weight is 277 g/mol. The Morgan fingerprint density at radius 1 is 1.55 bits per heavy atom. The number of nitrogen functional groups attached to an aromatic ring is 1. The first kappa shape index (κ1) is 14.8. The van der Waals surface area contributed by atoms with Crippen LogP contribution in [0.15, 0.2) is 18.3 Å². The Hall–Kier alpha value is -1.62. The van der Waals surface area contributed by atoms with Crippen molar-refractivity contribution in [3.05, 3.63) is 23.9 Å². The summed E-state index contributed by atoms with van der Waals surface area (Å²) in [7, 11) is 0. The van der Waals surface area contributed by atoms with Crippen molar-refractivity contribution in [2.24, 2.45) is 0 Å². The van der Waals surface area contributed by atoms with Crippen LogP contribution in [0.1, 0.15) is 44.0 Å². The molecule has 1 aromatic rings. The van der Waals surface area contributed by atoms with Gasteiger partial charge in [-0.15, -0.1) is 0 Å². The maximum Gasteiger partial charge on any atom is 0.255 e. The second-order valence-electron chi connectivity index (χ2n) is 5.82. The van der Waals surface area contributed by atoms with Gasteiger partial charge in [-0.05, 0) is 45.7 Å². The molecule has 0 bridgehead atoms. The van der Waals surface area contributed by atoms with Gasteiger partial charge >= 0.3 is 0 Å². The smallest absolute Gasteiger partial charge is 0.255 e. The number of pyridine rings is 1. The van der Waals surface area contributed by atoms with Gasteiger partial charge in [-0.1, -0.05) is 0 Å². The molecule has 2 rings (SSSR count). The molecule has 1 saturated heterocycles. The third-order valence-corrected chi connectivity index (χ3v) is 3.75. The van der Waals surface area contributed by atoms with Crippen LogP contribution >= 0.6 is 0 Å². The highest BCUT2D eigenvalue weighted by Crippen LogP contribution is 2.28. The Labute approximate surface area is 120 Å². The lowest BCUT2D eigenvalue weighted by atomic mass is 9.92. The standard InChI is InChI=1S/C15H23N3O2/c1-4-18(12-7-8-20-15(2,3)9-12)14(19)11-5-6-13(16)17-10-11/h5-6,10,12H,4,7-9H2,1-3H3,(H2,16,17)/t12-/m0/s1. The molecule has 0 unspecified atom stereocenters. The van der Waals surface area contributed by atoms with Crippen LogP contribution in [0.2, 0.25) is 0 Å². The minimum atomic E-state index is -0.171. The molecule has 0 aromatic carbocycles. The molecule has 1 aliphatic heterocycles. The van der Waals surface area contributed by atoms with Crippen LogP contribution < -0.4 is 5.73 Å². The number of hydrogen-bond donors (Lipinski definition) is 1. The molecule has 2 N–H and O–H groups in total. The summed E-state index contributed by atoms with van der Waals surface area (Å²) in [4.78, 5) is 18.5. The number of carbonyl (C=O) groups excluding carboxylic acids is 1. The molecule has 5 heteroatoms. The summed E-state index contributed by atoms with van der Waals surface area (Å²) in [5, 5.41) is 0. The van der Waals surface area contributed by atoms with Crippen molar-refractivity contribution in [3.63, 3.8) is 0 Å². The quantitative estimate of drug-likeness (QED) is 0.918. The van der Waals surface area contributed by atoms with E-state index >= 15 is 0 Å². The molecule has 1 fully saturated rings. The highest BCUT2D eigenvalue weighted by molar-refractivity contribution is 5.94. The molecule has 20 heavy (non-hydrogen) atoms. The zero-order valence-electron chi connectivity index (χ0n) is 12.4. The van der Waals surface area contributed by atoms with Gasteiger partial charge in [0.1, 0.15) is 5.82 Å². The van der Waals surface area contributed by atoms with Gasteiger partial charge < -0.3 is 15.4 Å². The van der Waals surface area contributed by atoms with E-state index in [0.717, 1.165) is 12.8 Å². The van der Waals surface area contributed by atoms with E-state index < -0.39 is 0 Å². The molecular formula is C15H23N3O2. The Morgan fingerprint density at radius 2 is 2.30 bits per heavy atom. The van der Waals surface area contributed by atoms with Gasteiger partial charge in [0, 0.05) is 25.4 Å². The lowest BCUT2D eigenvalue weighted by Gasteiger charge is -2.41. The lowest BCUT2D eigenvalue weighted by molar-refractivity contribution is -0.0777. The second-order valence-corrected chi connectivity index (χ2v) is 5.82. The molecule has 2 heterocycles. The Morgan fingerprint density at radius 3 is 2.85 bits per heavy atom. The zero-order chi connectivity index (χ0) is 14.8. The monoisotopic (exact) mass is 277 g/mol. The van der Waals surface area contributed by atoms with E-state index in [1.54, 1.807) is 18.3 Å². The van der Waals surface area contributed by atoms with Gasteiger partial charge in [0.15, 0.2) is 0 Å². The first-order valence-electron chi connectivity index (χ1n) is 7.09. The van der Waals surface area contributed by atoms with Crippen molar-refractivity contribution in [1.82, 2.24) is 9.88 Å². The van der Waals surface area contributed by atoms with Crippen LogP contribution in [0.5, 0.6) is 0 Å².